The van der Waals surface area contributed by atoms with Crippen molar-refractivity contribution in [2.24, 2.45) is 0 Å². The molecule has 1 saturated heterocycles. The number of rotatable bonds is 3. The van der Waals surface area contributed by atoms with E-state index in [2.05, 4.69) is 0 Å². The van der Waals surface area contributed by atoms with Crippen molar-refractivity contribution in [2.45, 2.75) is 19.9 Å². The van der Waals surface area contributed by atoms with Gasteiger partial charge in [-0.15, -0.1) is 0 Å². The Balaban J connectivity index is 1.72. The fourth-order valence-electron chi connectivity index (χ4n) is 4.62. The number of benzene rings is 3. The molecule has 1 unspecified atom stereocenters. The molecule has 1 atom stereocenters. The van der Waals surface area contributed by atoms with Gasteiger partial charge < -0.3 is 14.7 Å². The second-order valence-electron chi connectivity index (χ2n) is 8.91. The van der Waals surface area contributed by atoms with Crippen molar-refractivity contribution in [3.8, 4) is 5.75 Å². The van der Waals surface area contributed by atoms with E-state index in [0.717, 1.165) is 16.8 Å². The summed E-state index contributed by atoms with van der Waals surface area (Å²) >= 11 is 0. The van der Waals surface area contributed by atoms with Crippen molar-refractivity contribution in [1.82, 2.24) is 0 Å². The lowest BCUT2D eigenvalue weighted by atomic mass is 9.94. The lowest BCUT2D eigenvalue weighted by molar-refractivity contribution is -0.132. The molecule has 1 N–H and O–H groups in total. The third-order valence-electron chi connectivity index (χ3n) is 6.74. The van der Waals surface area contributed by atoms with Crippen LogP contribution in [0.3, 0.4) is 0 Å². The molecule has 0 aliphatic carbocycles. The number of carbonyl (C=O) groups is 2. The third kappa shape index (κ3) is 3.73. The second-order valence-corrected chi connectivity index (χ2v) is 8.91. The number of amides is 1. The van der Waals surface area contributed by atoms with Crippen molar-refractivity contribution >= 4 is 28.8 Å². The minimum absolute atomic E-state index is 0.130. The second kappa shape index (κ2) is 8.58. The van der Waals surface area contributed by atoms with Crippen LogP contribution in [0.4, 0.5) is 15.8 Å². The SMILES string of the molecule is Cc1ccc(N2C(=O)C(=O)/C(=C(/O)c3ccc4c(c3)N(C)CCO4)C2c2ccccc2F)cc1C. The van der Waals surface area contributed by atoms with Gasteiger partial charge in [-0.1, -0.05) is 24.3 Å². The first-order valence-corrected chi connectivity index (χ1v) is 11.4. The van der Waals surface area contributed by atoms with Crippen LogP contribution in [0.15, 0.2) is 66.2 Å². The van der Waals surface area contributed by atoms with E-state index in [1.807, 2.05) is 31.9 Å². The molecule has 2 aliphatic rings. The topological polar surface area (TPSA) is 70.1 Å². The van der Waals surface area contributed by atoms with E-state index in [0.29, 0.717) is 30.2 Å². The summed E-state index contributed by atoms with van der Waals surface area (Å²) in [6, 6.07) is 15.3. The number of aliphatic hydroxyl groups is 1. The molecular formula is C28H25FN2O4. The Morgan fingerprint density at radius 1 is 1.03 bits per heavy atom. The van der Waals surface area contributed by atoms with Crippen molar-refractivity contribution < 1.29 is 23.8 Å². The highest BCUT2D eigenvalue weighted by molar-refractivity contribution is 6.51. The van der Waals surface area contributed by atoms with Crippen molar-refractivity contribution in [3.63, 3.8) is 0 Å². The monoisotopic (exact) mass is 472 g/mol. The third-order valence-corrected chi connectivity index (χ3v) is 6.74. The average Bonchev–Trinajstić information content (AvgIpc) is 3.11. The molecule has 3 aromatic rings. The summed E-state index contributed by atoms with van der Waals surface area (Å²) in [6.07, 6.45) is 0. The molecule has 1 fully saturated rings. The quantitative estimate of drug-likeness (QED) is 0.334. The molecule has 7 heteroatoms. The Labute approximate surface area is 202 Å². The summed E-state index contributed by atoms with van der Waals surface area (Å²) in [7, 11) is 1.91. The summed E-state index contributed by atoms with van der Waals surface area (Å²) in [4.78, 5) is 29.9. The molecule has 6 nitrogen and oxygen atoms in total. The molecule has 1 amide bonds. The van der Waals surface area contributed by atoms with Gasteiger partial charge in [0.15, 0.2) is 0 Å². The number of ketones is 1. The molecule has 2 aliphatic heterocycles. The molecule has 3 aromatic carbocycles. The molecule has 0 spiro atoms. The van der Waals surface area contributed by atoms with Crippen LogP contribution in [0.2, 0.25) is 0 Å². The van der Waals surface area contributed by atoms with Crippen LogP contribution < -0.4 is 14.5 Å². The van der Waals surface area contributed by atoms with E-state index in [1.54, 1.807) is 42.5 Å². The van der Waals surface area contributed by atoms with E-state index >= 15 is 4.39 Å². The first-order chi connectivity index (χ1) is 16.8. The Kier molecular flexibility index (Phi) is 5.55. The number of hydrogen-bond donors (Lipinski definition) is 1. The van der Waals surface area contributed by atoms with E-state index in [-0.39, 0.29) is 16.9 Å². The molecule has 5 rings (SSSR count). The number of nitrogens with zero attached hydrogens (tertiary/aromatic N) is 2. The zero-order chi connectivity index (χ0) is 24.9. The number of anilines is 2. The van der Waals surface area contributed by atoms with Gasteiger partial charge >= 0.3 is 0 Å². The molecule has 2 heterocycles. The van der Waals surface area contributed by atoms with Crippen LogP contribution >= 0.6 is 0 Å². The zero-order valence-corrected chi connectivity index (χ0v) is 19.7. The number of halogens is 1. The largest absolute Gasteiger partial charge is 0.507 e. The number of carbonyl (C=O) groups excluding carboxylic acids is 2. The fourth-order valence-corrected chi connectivity index (χ4v) is 4.62. The predicted octanol–water partition coefficient (Wildman–Crippen LogP) is 4.90. The highest BCUT2D eigenvalue weighted by Crippen LogP contribution is 2.44. The number of Topliss-reactive ketones (excluding diaryl/α,β-unsaturated/α-hetero) is 1. The summed E-state index contributed by atoms with van der Waals surface area (Å²) in [5.41, 5.74) is 3.48. The number of aryl methyl sites for hydroxylation is 2. The Morgan fingerprint density at radius 2 is 1.80 bits per heavy atom. The van der Waals surface area contributed by atoms with E-state index in [9.17, 15) is 14.7 Å². The van der Waals surface area contributed by atoms with Crippen LogP contribution in [0, 0.1) is 19.7 Å². The van der Waals surface area contributed by atoms with Crippen LogP contribution in [-0.4, -0.2) is 37.0 Å². The molecule has 0 radical (unpaired) electrons. The number of likely N-dealkylation sites (N-methyl/N-ethyl adjacent to an activating group) is 1. The Morgan fingerprint density at radius 3 is 2.54 bits per heavy atom. The van der Waals surface area contributed by atoms with Gasteiger partial charge in [-0.25, -0.2) is 4.39 Å². The minimum Gasteiger partial charge on any atom is -0.507 e. The molecule has 0 saturated carbocycles. The maximum Gasteiger partial charge on any atom is 0.300 e. The molecule has 35 heavy (non-hydrogen) atoms. The summed E-state index contributed by atoms with van der Waals surface area (Å²) in [5, 5.41) is 11.4. The van der Waals surface area contributed by atoms with Gasteiger partial charge in [-0.05, 0) is 61.4 Å². The van der Waals surface area contributed by atoms with Gasteiger partial charge in [0.2, 0.25) is 0 Å². The van der Waals surface area contributed by atoms with Crippen molar-refractivity contribution in [3.05, 3.63) is 94.3 Å². The zero-order valence-electron chi connectivity index (χ0n) is 19.7. The van der Waals surface area contributed by atoms with Gasteiger partial charge in [-0.2, -0.15) is 0 Å². The number of hydrogen-bond acceptors (Lipinski definition) is 5. The van der Waals surface area contributed by atoms with Gasteiger partial charge in [0.1, 0.15) is 23.9 Å². The summed E-state index contributed by atoms with van der Waals surface area (Å²) in [5.74, 6) is -1.95. The van der Waals surface area contributed by atoms with E-state index in [1.165, 1.54) is 17.0 Å². The Bertz CT molecular complexity index is 1400. The van der Waals surface area contributed by atoms with Gasteiger partial charge in [0.25, 0.3) is 11.7 Å². The van der Waals surface area contributed by atoms with Crippen LogP contribution in [0.1, 0.15) is 28.3 Å². The van der Waals surface area contributed by atoms with Crippen LogP contribution in [-0.2, 0) is 9.59 Å². The van der Waals surface area contributed by atoms with E-state index in [4.69, 9.17) is 4.74 Å². The standard InChI is InChI=1S/C28H25FN2O4/c1-16-8-10-19(14-17(16)2)31-25(20-6-4-5-7-21(20)29)24(27(33)28(31)34)26(32)18-9-11-23-22(15-18)30(3)12-13-35-23/h4-11,14-15,25,32H,12-13H2,1-3H3/b26-24+. The summed E-state index contributed by atoms with van der Waals surface area (Å²) in [6.45, 7) is 5.06. The maximum atomic E-state index is 15.1. The lowest BCUT2D eigenvalue weighted by Gasteiger charge is -2.28. The number of ether oxygens (including phenoxy) is 1. The molecule has 0 aromatic heterocycles. The van der Waals surface area contributed by atoms with Gasteiger partial charge in [0.05, 0.1) is 23.8 Å². The van der Waals surface area contributed by atoms with E-state index < -0.39 is 23.5 Å². The smallest absolute Gasteiger partial charge is 0.300 e. The molecule has 0 bridgehead atoms. The van der Waals surface area contributed by atoms with Gasteiger partial charge in [-0.3, -0.25) is 14.5 Å². The minimum atomic E-state index is -1.12. The average molecular weight is 473 g/mol. The molecular weight excluding hydrogens is 447 g/mol. The fraction of sp³-hybridized carbons (Fsp3) is 0.214. The highest BCUT2D eigenvalue weighted by atomic mass is 19.1. The predicted molar refractivity (Wildman–Crippen MR) is 132 cm³/mol. The first-order valence-electron chi connectivity index (χ1n) is 11.4. The normalized spacial score (nSPS) is 19.0. The van der Waals surface area contributed by atoms with Crippen molar-refractivity contribution in [1.29, 1.82) is 0 Å². The maximum absolute atomic E-state index is 15.1. The van der Waals surface area contributed by atoms with Crippen molar-refractivity contribution in [2.75, 3.05) is 30.0 Å². The first kappa shape index (κ1) is 22.7. The van der Waals surface area contributed by atoms with Crippen LogP contribution in [0.25, 0.3) is 5.76 Å². The van der Waals surface area contributed by atoms with Crippen LogP contribution in [0.5, 0.6) is 5.75 Å². The Hall–Kier alpha value is -4.13. The molecule has 178 valence electrons. The number of aliphatic hydroxyl groups excluding tert-OH is 1. The number of fused-ring (bicyclic) bond motifs is 1. The van der Waals surface area contributed by atoms with Gasteiger partial charge in [0, 0.05) is 23.9 Å². The summed E-state index contributed by atoms with van der Waals surface area (Å²) < 4.78 is 20.7. The lowest BCUT2D eigenvalue weighted by Crippen LogP contribution is -2.30. The highest BCUT2D eigenvalue weighted by Gasteiger charge is 2.48.